The van der Waals surface area contributed by atoms with E-state index in [1.54, 1.807) is 7.11 Å². The van der Waals surface area contributed by atoms with Gasteiger partial charge in [-0.2, -0.15) is 0 Å². The van der Waals surface area contributed by atoms with Gasteiger partial charge in [0, 0.05) is 6.07 Å². The van der Waals surface area contributed by atoms with Crippen LogP contribution in [0.5, 0.6) is 5.75 Å². The molecule has 1 aromatic heterocycles. The molecule has 0 unspecified atom stereocenters. The SMILES string of the molecule is CCC1CCC(N)(c2nc3ccc(OC)cc3o2)CC1. The number of methoxy groups -OCH3 is 1. The van der Waals surface area contributed by atoms with Crippen LogP contribution < -0.4 is 10.5 Å². The Morgan fingerprint density at radius 2 is 2.15 bits per heavy atom. The van der Waals surface area contributed by atoms with Crippen molar-refractivity contribution < 1.29 is 9.15 Å². The number of aromatic nitrogens is 1. The van der Waals surface area contributed by atoms with Crippen molar-refractivity contribution >= 4 is 11.1 Å². The van der Waals surface area contributed by atoms with Crippen molar-refractivity contribution in [2.45, 2.75) is 44.6 Å². The molecule has 4 heteroatoms. The Morgan fingerprint density at radius 3 is 2.80 bits per heavy atom. The normalized spacial score (nSPS) is 26.9. The van der Waals surface area contributed by atoms with E-state index in [4.69, 9.17) is 14.9 Å². The van der Waals surface area contributed by atoms with Crippen LogP contribution >= 0.6 is 0 Å². The minimum atomic E-state index is -0.405. The fourth-order valence-corrected chi connectivity index (χ4v) is 3.06. The predicted octanol–water partition coefficient (Wildman–Crippen LogP) is 3.59. The maximum atomic E-state index is 6.54. The van der Waals surface area contributed by atoms with Gasteiger partial charge < -0.3 is 14.9 Å². The third-order valence-corrected chi connectivity index (χ3v) is 4.60. The molecule has 1 saturated carbocycles. The molecule has 3 rings (SSSR count). The smallest absolute Gasteiger partial charge is 0.215 e. The summed E-state index contributed by atoms with van der Waals surface area (Å²) < 4.78 is 11.1. The summed E-state index contributed by atoms with van der Waals surface area (Å²) in [5, 5.41) is 0. The Labute approximate surface area is 119 Å². The van der Waals surface area contributed by atoms with Gasteiger partial charge in [-0.3, -0.25) is 0 Å². The summed E-state index contributed by atoms with van der Waals surface area (Å²) in [6.07, 6.45) is 5.47. The first-order chi connectivity index (χ1) is 9.64. The number of fused-ring (bicyclic) bond motifs is 1. The monoisotopic (exact) mass is 274 g/mol. The standard InChI is InChI=1S/C16H22N2O2/c1-3-11-6-8-16(17,9-7-11)15-18-13-5-4-12(19-2)10-14(13)20-15/h4-5,10-11H,3,6-9,17H2,1-2H3. The lowest BCUT2D eigenvalue weighted by Crippen LogP contribution is -2.40. The second-order valence-electron chi connectivity index (χ2n) is 5.86. The number of hydrogen-bond donors (Lipinski definition) is 1. The van der Waals surface area contributed by atoms with Gasteiger partial charge in [0.25, 0.3) is 0 Å². The number of benzene rings is 1. The summed E-state index contributed by atoms with van der Waals surface area (Å²) in [5.74, 6) is 2.26. The molecule has 0 atom stereocenters. The van der Waals surface area contributed by atoms with Crippen molar-refractivity contribution in [2.75, 3.05) is 7.11 Å². The Hall–Kier alpha value is -1.55. The zero-order valence-corrected chi connectivity index (χ0v) is 12.2. The summed E-state index contributed by atoms with van der Waals surface area (Å²) in [6.45, 7) is 2.25. The van der Waals surface area contributed by atoms with Crippen LogP contribution in [-0.2, 0) is 5.54 Å². The van der Waals surface area contributed by atoms with E-state index in [1.807, 2.05) is 18.2 Å². The maximum absolute atomic E-state index is 6.54. The molecule has 108 valence electrons. The molecular formula is C16H22N2O2. The minimum absolute atomic E-state index is 0.405. The van der Waals surface area contributed by atoms with E-state index in [1.165, 1.54) is 6.42 Å². The topological polar surface area (TPSA) is 61.3 Å². The number of nitrogens with two attached hydrogens (primary N) is 1. The predicted molar refractivity (Wildman–Crippen MR) is 78.7 cm³/mol. The second-order valence-corrected chi connectivity index (χ2v) is 5.86. The third kappa shape index (κ3) is 2.29. The van der Waals surface area contributed by atoms with Crippen LogP contribution in [0.4, 0.5) is 0 Å². The summed E-state index contributed by atoms with van der Waals surface area (Å²) in [4.78, 5) is 4.59. The van der Waals surface area contributed by atoms with E-state index < -0.39 is 5.54 Å². The van der Waals surface area contributed by atoms with Crippen LogP contribution in [-0.4, -0.2) is 12.1 Å². The molecular weight excluding hydrogens is 252 g/mol. The van der Waals surface area contributed by atoms with Crippen molar-refractivity contribution in [3.8, 4) is 5.75 Å². The van der Waals surface area contributed by atoms with Gasteiger partial charge in [-0.05, 0) is 43.7 Å². The molecule has 1 aromatic carbocycles. The van der Waals surface area contributed by atoms with E-state index in [0.717, 1.165) is 48.5 Å². The van der Waals surface area contributed by atoms with Gasteiger partial charge in [-0.1, -0.05) is 13.3 Å². The molecule has 0 aliphatic heterocycles. The molecule has 2 aromatic rings. The van der Waals surface area contributed by atoms with Crippen molar-refractivity contribution in [1.29, 1.82) is 0 Å². The van der Waals surface area contributed by atoms with Gasteiger partial charge in [0.1, 0.15) is 11.3 Å². The molecule has 4 nitrogen and oxygen atoms in total. The van der Waals surface area contributed by atoms with E-state index in [9.17, 15) is 0 Å². The zero-order valence-electron chi connectivity index (χ0n) is 12.2. The molecule has 1 heterocycles. The highest BCUT2D eigenvalue weighted by molar-refractivity contribution is 5.74. The quantitative estimate of drug-likeness (QED) is 0.929. The summed E-state index contributed by atoms with van der Waals surface area (Å²) in [6, 6.07) is 5.68. The van der Waals surface area contributed by atoms with E-state index >= 15 is 0 Å². The highest BCUT2D eigenvalue weighted by Gasteiger charge is 2.37. The highest BCUT2D eigenvalue weighted by Crippen LogP contribution is 2.39. The van der Waals surface area contributed by atoms with Gasteiger partial charge in [-0.15, -0.1) is 0 Å². The van der Waals surface area contributed by atoms with Crippen LogP contribution in [0, 0.1) is 5.92 Å². The summed E-state index contributed by atoms with van der Waals surface area (Å²) in [5.41, 5.74) is 7.74. The number of ether oxygens (including phenoxy) is 1. The zero-order chi connectivity index (χ0) is 14.2. The van der Waals surface area contributed by atoms with Gasteiger partial charge in [0.15, 0.2) is 5.58 Å². The Kier molecular flexibility index (Phi) is 3.42. The molecule has 2 N–H and O–H groups in total. The number of rotatable bonds is 3. The first-order valence-corrected chi connectivity index (χ1v) is 7.38. The molecule has 1 aliphatic carbocycles. The first kappa shape index (κ1) is 13.4. The van der Waals surface area contributed by atoms with Crippen molar-refractivity contribution in [2.24, 2.45) is 11.7 Å². The number of nitrogens with zero attached hydrogens (tertiary/aromatic N) is 1. The second kappa shape index (κ2) is 5.09. The molecule has 20 heavy (non-hydrogen) atoms. The average molecular weight is 274 g/mol. The average Bonchev–Trinajstić information content (AvgIpc) is 2.91. The Bertz CT molecular complexity index is 598. The number of hydrogen-bond acceptors (Lipinski definition) is 4. The highest BCUT2D eigenvalue weighted by atomic mass is 16.5. The molecule has 0 bridgehead atoms. The lowest BCUT2D eigenvalue weighted by molar-refractivity contribution is 0.198. The van der Waals surface area contributed by atoms with Gasteiger partial charge >= 0.3 is 0 Å². The van der Waals surface area contributed by atoms with E-state index in [2.05, 4.69) is 11.9 Å². The lowest BCUT2D eigenvalue weighted by Gasteiger charge is -2.34. The molecule has 0 saturated heterocycles. The molecule has 0 spiro atoms. The van der Waals surface area contributed by atoms with E-state index in [-0.39, 0.29) is 0 Å². The molecule has 0 radical (unpaired) electrons. The number of oxazole rings is 1. The Morgan fingerprint density at radius 1 is 1.40 bits per heavy atom. The first-order valence-electron chi connectivity index (χ1n) is 7.38. The van der Waals surface area contributed by atoms with Crippen LogP contribution in [0.2, 0.25) is 0 Å². The van der Waals surface area contributed by atoms with Crippen molar-refractivity contribution in [1.82, 2.24) is 4.98 Å². The largest absolute Gasteiger partial charge is 0.497 e. The van der Waals surface area contributed by atoms with Crippen molar-refractivity contribution in [3.05, 3.63) is 24.1 Å². The van der Waals surface area contributed by atoms with Gasteiger partial charge in [0.2, 0.25) is 5.89 Å². The summed E-state index contributed by atoms with van der Waals surface area (Å²) in [7, 11) is 1.65. The van der Waals surface area contributed by atoms with E-state index in [0.29, 0.717) is 5.89 Å². The molecule has 1 aliphatic rings. The third-order valence-electron chi connectivity index (χ3n) is 4.60. The van der Waals surface area contributed by atoms with Gasteiger partial charge in [-0.25, -0.2) is 4.98 Å². The molecule has 0 amide bonds. The Balaban J connectivity index is 1.90. The van der Waals surface area contributed by atoms with Crippen LogP contribution in [0.15, 0.2) is 22.6 Å². The minimum Gasteiger partial charge on any atom is -0.497 e. The fraction of sp³-hybridized carbons (Fsp3) is 0.562. The lowest BCUT2D eigenvalue weighted by atomic mass is 9.76. The maximum Gasteiger partial charge on any atom is 0.215 e. The summed E-state index contributed by atoms with van der Waals surface area (Å²) >= 11 is 0. The van der Waals surface area contributed by atoms with Crippen LogP contribution in [0.3, 0.4) is 0 Å². The fourth-order valence-electron chi connectivity index (χ4n) is 3.06. The van der Waals surface area contributed by atoms with Crippen molar-refractivity contribution in [3.63, 3.8) is 0 Å². The molecule has 1 fully saturated rings. The van der Waals surface area contributed by atoms with Crippen LogP contribution in [0.25, 0.3) is 11.1 Å². The van der Waals surface area contributed by atoms with Crippen LogP contribution in [0.1, 0.15) is 44.9 Å². The van der Waals surface area contributed by atoms with Gasteiger partial charge in [0.05, 0.1) is 12.6 Å².